The van der Waals surface area contributed by atoms with Gasteiger partial charge in [0.2, 0.25) is 17.5 Å². The van der Waals surface area contributed by atoms with Gasteiger partial charge in [-0.3, -0.25) is 9.59 Å². The van der Waals surface area contributed by atoms with Gasteiger partial charge in [-0.15, -0.1) is 0 Å². The van der Waals surface area contributed by atoms with Crippen LogP contribution < -0.4 is 26.3 Å². The third-order valence-corrected chi connectivity index (χ3v) is 6.73. The fourth-order valence-corrected chi connectivity index (χ4v) is 4.74. The number of hydrogen-bond acceptors (Lipinski definition) is 9. The van der Waals surface area contributed by atoms with Crippen LogP contribution in [0.1, 0.15) is 31.8 Å². The van der Waals surface area contributed by atoms with Crippen LogP contribution in [0, 0.1) is 0 Å². The number of ether oxygens (including phenoxy) is 2. The zero-order chi connectivity index (χ0) is 27.7. The first-order valence-electron chi connectivity index (χ1n) is 11.9. The molecule has 1 aliphatic carbocycles. The summed E-state index contributed by atoms with van der Waals surface area (Å²) in [6.07, 6.45) is 2.04. The highest BCUT2D eigenvalue weighted by Gasteiger charge is 2.32. The molecule has 5 rings (SSSR count). The maximum atomic E-state index is 13.2. The number of para-hydroxylation sites is 1. The molecular weight excluding hydrogens is 518 g/mol. The molecule has 10 heteroatoms. The standard InChI is InChI=1S/C29H24ClN5O4/c1-38-18-12-15(11-17-14-33-29(32)35-28(17)31)10-16(13-18)19-8-5-9-22(27(19)39-2)34-24-23(30)25(36)20-6-3-4-7-21(20)26(24)37/h3-10,12-14,34H,11H2,1-2H3,(H4,31,32,33,35). The molecule has 0 spiro atoms. The molecule has 1 aromatic heterocycles. The van der Waals surface area contributed by atoms with E-state index in [0.717, 1.165) is 16.7 Å². The van der Waals surface area contributed by atoms with E-state index in [4.69, 9.17) is 32.5 Å². The average Bonchev–Trinajstić information content (AvgIpc) is 2.95. The van der Waals surface area contributed by atoms with Crippen molar-refractivity contribution in [1.82, 2.24) is 9.97 Å². The van der Waals surface area contributed by atoms with Crippen molar-refractivity contribution in [2.75, 3.05) is 31.0 Å². The average molecular weight is 542 g/mol. The van der Waals surface area contributed by atoms with Gasteiger partial charge in [0.05, 0.1) is 19.9 Å². The Kier molecular flexibility index (Phi) is 6.91. The highest BCUT2D eigenvalue weighted by atomic mass is 35.5. The lowest BCUT2D eigenvalue weighted by Crippen LogP contribution is -2.24. The largest absolute Gasteiger partial charge is 0.497 e. The van der Waals surface area contributed by atoms with Crippen molar-refractivity contribution in [2.45, 2.75) is 6.42 Å². The number of rotatable bonds is 7. The van der Waals surface area contributed by atoms with Crippen LogP contribution in [0.25, 0.3) is 11.1 Å². The second-order valence-electron chi connectivity index (χ2n) is 8.79. The monoisotopic (exact) mass is 541 g/mol. The van der Waals surface area contributed by atoms with Crippen molar-refractivity contribution in [3.63, 3.8) is 0 Å². The topological polar surface area (TPSA) is 142 Å². The molecule has 0 aliphatic heterocycles. The minimum absolute atomic E-state index is 0.0130. The van der Waals surface area contributed by atoms with Crippen molar-refractivity contribution in [3.05, 3.63) is 99.8 Å². The van der Waals surface area contributed by atoms with Crippen LogP contribution in [0.15, 0.2) is 77.6 Å². The van der Waals surface area contributed by atoms with E-state index in [1.807, 2.05) is 30.3 Å². The number of halogens is 1. The van der Waals surface area contributed by atoms with E-state index in [9.17, 15) is 9.59 Å². The van der Waals surface area contributed by atoms with Crippen LogP contribution in [-0.2, 0) is 6.42 Å². The van der Waals surface area contributed by atoms with Gasteiger partial charge in [-0.05, 0) is 29.3 Å². The summed E-state index contributed by atoms with van der Waals surface area (Å²) >= 11 is 6.38. The number of benzene rings is 3. The number of nitrogens with zero attached hydrogens (tertiary/aromatic N) is 2. The number of carbonyl (C=O) groups excluding carboxylic acids is 2. The minimum atomic E-state index is -0.423. The number of nitrogen functional groups attached to an aromatic ring is 2. The third kappa shape index (κ3) is 4.87. The van der Waals surface area contributed by atoms with E-state index in [2.05, 4.69) is 15.3 Å². The van der Waals surface area contributed by atoms with E-state index < -0.39 is 5.78 Å². The molecule has 0 bridgehead atoms. The first kappa shape index (κ1) is 25.7. The second-order valence-corrected chi connectivity index (χ2v) is 9.17. The molecule has 39 heavy (non-hydrogen) atoms. The van der Waals surface area contributed by atoms with Crippen molar-refractivity contribution in [3.8, 4) is 22.6 Å². The summed E-state index contributed by atoms with van der Waals surface area (Å²) in [5, 5.41) is 2.87. The molecule has 1 heterocycles. The number of anilines is 3. The van der Waals surface area contributed by atoms with E-state index in [-0.39, 0.29) is 33.6 Å². The fraction of sp³-hybridized carbons (Fsp3) is 0.103. The predicted molar refractivity (Wildman–Crippen MR) is 150 cm³/mol. The molecular formula is C29H24ClN5O4. The predicted octanol–water partition coefficient (Wildman–Crippen LogP) is 4.86. The molecule has 0 radical (unpaired) electrons. The molecule has 1 aliphatic rings. The third-order valence-electron chi connectivity index (χ3n) is 6.37. The van der Waals surface area contributed by atoms with E-state index in [1.165, 1.54) is 7.11 Å². The van der Waals surface area contributed by atoms with Gasteiger partial charge in [0.25, 0.3) is 0 Å². The summed E-state index contributed by atoms with van der Waals surface area (Å²) in [5.41, 5.74) is 15.8. The lowest BCUT2D eigenvalue weighted by atomic mass is 9.92. The summed E-state index contributed by atoms with van der Waals surface area (Å²) in [6, 6.07) is 17.7. The van der Waals surface area contributed by atoms with Crippen molar-refractivity contribution >= 4 is 40.6 Å². The molecule has 3 aromatic carbocycles. The lowest BCUT2D eigenvalue weighted by Gasteiger charge is -2.21. The van der Waals surface area contributed by atoms with Crippen molar-refractivity contribution in [1.29, 1.82) is 0 Å². The number of nitrogens with two attached hydrogens (primary N) is 2. The van der Waals surface area contributed by atoms with E-state index in [1.54, 1.807) is 43.6 Å². The number of Topliss-reactive ketones (excluding diaryl/α,β-unsaturated/α-hetero) is 2. The van der Waals surface area contributed by atoms with E-state index in [0.29, 0.717) is 35.0 Å². The highest BCUT2D eigenvalue weighted by Crippen LogP contribution is 2.40. The van der Waals surface area contributed by atoms with Gasteiger partial charge < -0.3 is 26.3 Å². The summed E-state index contributed by atoms with van der Waals surface area (Å²) < 4.78 is 11.3. The van der Waals surface area contributed by atoms with Crippen LogP contribution in [0.3, 0.4) is 0 Å². The number of carbonyl (C=O) groups is 2. The van der Waals surface area contributed by atoms with E-state index >= 15 is 0 Å². The number of methoxy groups -OCH3 is 2. The Balaban J connectivity index is 1.55. The van der Waals surface area contributed by atoms with Crippen LogP contribution in [0.4, 0.5) is 17.5 Å². The zero-order valence-electron chi connectivity index (χ0n) is 21.1. The molecule has 5 N–H and O–H groups in total. The Morgan fingerprint density at radius 3 is 2.31 bits per heavy atom. The first-order valence-corrected chi connectivity index (χ1v) is 12.3. The van der Waals surface area contributed by atoms with Gasteiger partial charge >= 0.3 is 0 Å². The normalized spacial score (nSPS) is 12.8. The van der Waals surface area contributed by atoms with Crippen LogP contribution in [-0.4, -0.2) is 35.8 Å². The van der Waals surface area contributed by atoms with Crippen LogP contribution in [0.5, 0.6) is 11.5 Å². The van der Waals surface area contributed by atoms with Crippen LogP contribution in [0.2, 0.25) is 0 Å². The Morgan fingerprint density at radius 2 is 1.62 bits per heavy atom. The molecule has 0 amide bonds. The second kappa shape index (κ2) is 10.5. The van der Waals surface area contributed by atoms with Gasteiger partial charge in [0.15, 0.2) is 0 Å². The summed E-state index contributed by atoms with van der Waals surface area (Å²) in [6.45, 7) is 0. The maximum absolute atomic E-state index is 13.2. The molecule has 0 fully saturated rings. The smallest absolute Gasteiger partial charge is 0.221 e. The molecule has 0 unspecified atom stereocenters. The lowest BCUT2D eigenvalue weighted by molar-refractivity contribution is 0.0982. The maximum Gasteiger partial charge on any atom is 0.221 e. The van der Waals surface area contributed by atoms with Gasteiger partial charge in [0.1, 0.15) is 28.0 Å². The first-order chi connectivity index (χ1) is 18.8. The number of hydrogen-bond donors (Lipinski definition) is 3. The quantitative estimate of drug-likeness (QED) is 0.299. The number of fused-ring (bicyclic) bond motifs is 1. The van der Waals surface area contributed by atoms with Crippen LogP contribution >= 0.6 is 11.6 Å². The van der Waals surface area contributed by atoms with Crippen molar-refractivity contribution in [2.24, 2.45) is 0 Å². The Hall–Kier alpha value is -4.89. The fourth-order valence-electron chi connectivity index (χ4n) is 4.50. The Morgan fingerprint density at radius 1 is 0.897 bits per heavy atom. The summed E-state index contributed by atoms with van der Waals surface area (Å²) in [7, 11) is 3.10. The molecule has 0 saturated carbocycles. The number of ketones is 2. The highest BCUT2D eigenvalue weighted by molar-refractivity contribution is 6.50. The zero-order valence-corrected chi connectivity index (χ0v) is 21.9. The number of nitrogens with one attached hydrogen (secondary N) is 1. The van der Waals surface area contributed by atoms with Gasteiger partial charge in [-0.2, -0.15) is 4.98 Å². The van der Waals surface area contributed by atoms with Crippen molar-refractivity contribution < 1.29 is 19.1 Å². The Labute approximate surface area is 229 Å². The molecule has 0 atom stereocenters. The molecule has 196 valence electrons. The summed E-state index contributed by atoms with van der Waals surface area (Å²) in [4.78, 5) is 34.2. The Bertz CT molecular complexity index is 1670. The van der Waals surface area contributed by atoms with Gasteiger partial charge in [0, 0.05) is 34.9 Å². The SMILES string of the molecule is COc1cc(Cc2cnc(N)nc2N)cc(-c2cccc(NC3=C(Cl)C(=O)c4ccccc4C3=O)c2OC)c1. The number of aromatic nitrogens is 2. The summed E-state index contributed by atoms with van der Waals surface area (Å²) in [5.74, 6) is 0.668. The molecule has 4 aromatic rings. The molecule has 9 nitrogen and oxygen atoms in total. The minimum Gasteiger partial charge on any atom is -0.497 e. The van der Waals surface area contributed by atoms with Gasteiger partial charge in [-0.25, -0.2) is 4.98 Å². The van der Waals surface area contributed by atoms with Gasteiger partial charge in [-0.1, -0.05) is 54.1 Å². The molecule has 0 saturated heterocycles. The number of allylic oxidation sites excluding steroid dienone is 2.